The number of aliphatic hydroxyl groups is 1. The monoisotopic (exact) mass is 310 g/mol. The zero-order valence-electron chi connectivity index (χ0n) is 9.06. The number of hydrogen-bond donors (Lipinski definition) is 1. The first kappa shape index (κ1) is 11.3. The highest BCUT2D eigenvalue weighted by atomic mass is 79.9. The van der Waals surface area contributed by atoms with Crippen molar-refractivity contribution in [1.29, 1.82) is 0 Å². The molecule has 0 bridgehead atoms. The first-order valence-electron chi connectivity index (χ1n) is 5.42. The second kappa shape index (κ2) is 4.15. The van der Waals surface area contributed by atoms with Crippen LogP contribution in [0.4, 0.5) is 0 Å². The Balaban J connectivity index is 2.00. The van der Waals surface area contributed by atoms with E-state index < -0.39 is 0 Å². The zero-order chi connectivity index (χ0) is 11.9. The van der Waals surface area contributed by atoms with Gasteiger partial charge in [0.15, 0.2) is 0 Å². The van der Waals surface area contributed by atoms with Crippen LogP contribution in [0.15, 0.2) is 28.2 Å². The molecule has 0 unspecified atom stereocenters. The molecule has 0 aliphatic heterocycles. The number of hydrogen-bond acceptors (Lipinski definition) is 4. The van der Waals surface area contributed by atoms with E-state index in [2.05, 4.69) is 32.0 Å². The summed E-state index contributed by atoms with van der Waals surface area (Å²) in [6.45, 7) is 0.143. The average Bonchev–Trinajstić information content (AvgIpc) is 3.06. The molecule has 0 aromatic carbocycles. The van der Waals surface area contributed by atoms with Gasteiger partial charge in [0, 0.05) is 16.0 Å². The molecule has 0 atom stereocenters. The maximum Gasteiger partial charge on any atom is 0.137 e. The fraction of sp³-hybridized carbons (Fsp3) is 0.333. The van der Waals surface area contributed by atoms with E-state index in [9.17, 15) is 5.11 Å². The summed E-state index contributed by atoms with van der Waals surface area (Å²) in [5.74, 6) is 0.780. The third kappa shape index (κ3) is 2.03. The van der Waals surface area contributed by atoms with Gasteiger partial charge in [-0.3, -0.25) is 0 Å². The van der Waals surface area contributed by atoms with Crippen molar-refractivity contribution in [2.45, 2.75) is 18.3 Å². The van der Waals surface area contributed by atoms with Crippen molar-refractivity contribution in [1.82, 2.24) is 9.97 Å². The lowest BCUT2D eigenvalue weighted by atomic mass is 10.1. The van der Waals surface area contributed by atoms with Gasteiger partial charge in [-0.25, -0.2) is 9.97 Å². The maximum absolute atomic E-state index is 9.39. The van der Waals surface area contributed by atoms with Crippen molar-refractivity contribution in [2.75, 3.05) is 6.61 Å². The lowest BCUT2D eigenvalue weighted by Crippen LogP contribution is -2.16. The van der Waals surface area contributed by atoms with Gasteiger partial charge in [-0.2, -0.15) is 0 Å². The van der Waals surface area contributed by atoms with Crippen LogP contribution in [0.3, 0.4) is 0 Å². The molecular weight excluding hydrogens is 300 g/mol. The summed E-state index contributed by atoms with van der Waals surface area (Å²) in [4.78, 5) is 10.00. The lowest BCUT2D eigenvalue weighted by molar-refractivity contribution is 0.250. The highest BCUT2D eigenvalue weighted by Crippen LogP contribution is 2.46. The van der Waals surface area contributed by atoms with E-state index in [0.717, 1.165) is 33.7 Å². The van der Waals surface area contributed by atoms with Gasteiger partial charge >= 0.3 is 0 Å². The normalized spacial score (nSPS) is 17.1. The molecule has 17 heavy (non-hydrogen) atoms. The first-order chi connectivity index (χ1) is 8.23. The van der Waals surface area contributed by atoms with E-state index in [1.165, 1.54) is 0 Å². The Kier molecular flexibility index (Phi) is 2.77. The van der Waals surface area contributed by atoms with Crippen molar-refractivity contribution in [3.63, 3.8) is 0 Å². The van der Waals surface area contributed by atoms with Crippen molar-refractivity contribution < 1.29 is 5.11 Å². The van der Waals surface area contributed by atoms with Gasteiger partial charge in [-0.05, 0) is 40.9 Å². The minimum absolute atomic E-state index is 0.143. The molecule has 5 heteroatoms. The molecule has 3 nitrogen and oxygen atoms in total. The second-order valence-electron chi connectivity index (χ2n) is 4.33. The minimum atomic E-state index is -0.162. The van der Waals surface area contributed by atoms with Gasteiger partial charge in [0.2, 0.25) is 0 Å². The van der Waals surface area contributed by atoms with Gasteiger partial charge in [-0.15, -0.1) is 11.3 Å². The van der Waals surface area contributed by atoms with Gasteiger partial charge < -0.3 is 5.11 Å². The molecule has 0 spiro atoms. The predicted octanol–water partition coefficient (Wildman–Crippen LogP) is 2.99. The number of aromatic nitrogens is 2. The molecular formula is C12H11BrN2OS. The van der Waals surface area contributed by atoms with Crippen LogP contribution >= 0.6 is 27.3 Å². The molecule has 0 radical (unpaired) electrons. The van der Waals surface area contributed by atoms with Crippen LogP contribution in [-0.2, 0) is 5.41 Å². The van der Waals surface area contributed by atoms with Gasteiger partial charge in [0.1, 0.15) is 5.82 Å². The third-order valence-corrected chi connectivity index (χ3v) is 4.82. The van der Waals surface area contributed by atoms with E-state index in [1.807, 2.05) is 11.4 Å². The number of aliphatic hydroxyl groups excluding tert-OH is 1. The van der Waals surface area contributed by atoms with Crippen LogP contribution in [-0.4, -0.2) is 21.7 Å². The van der Waals surface area contributed by atoms with Crippen LogP contribution in [0.2, 0.25) is 0 Å². The summed E-state index contributed by atoms with van der Waals surface area (Å²) in [7, 11) is 0. The molecule has 1 N–H and O–H groups in total. The highest BCUT2D eigenvalue weighted by Gasteiger charge is 2.46. The van der Waals surface area contributed by atoms with Crippen LogP contribution in [0.25, 0.3) is 10.6 Å². The lowest BCUT2D eigenvalue weighted by Gasteiger charge is -2.10. The number of halogens is 1. The molecule has 2 heterocycles. The minimum Gasteiger partial charge on any atom is -0.395 e. The number of thiophene rings is 1. The Labute approximate surface area is 112 Å². The summed E-state index contributed by atoms with van der Waals surface area (Å²) in [5.41, 5.74) is 0.773. The van der Waals surface area contributed by atoms with E-state index in [-0.39, 0.29) is 12.0 Å². The van der Waals surface area contributed by atoms with E-state index in [4.69, 9.17) is 0 Å². The smallest absolute Gasteiger partial charge is 0.137 e. The quantitative estimate of drug-likeness (QED) is 0.948. The van der Waals surface area contributed by atoms with E-state index in [0.29, 0.717) is 0 Å². The summed E-state index contributed by atoms with van der Waals surface area (Å²) < 4.78 is 1.07. The van der Waals surface area contributed by atoms with Crippen LogP contribution in [0.1, 0.15) is 18.7 Å². The van der Waals surface area contributed by atoms with Gasteiger partial charge in [-0.1, -0.05) is 0 Å². The second-order valence-corrected chi connectivity index (χ2v) is 6.16. The standard InChI is InChI=1S/C12H11BrN2OS/c13-8-5-10(17-6-8)9-1-4-14-11(15-9)12(7-16)2-3-12/h1,4-6,16H,2-3,7H2. The summed E-state index contributed by atoms with van der Waals surface area (Å²) in [5, 5.41) is 11.4. The molecule has 1 aliphatic rings. The Hall–Kier alpha value is -0.780. The van der Waals surface area contributed by atoms with Gasteiger partial charge in [0.05, 0.1) is 22.6 Å². The van der Waals surface area contributed by atoms with Crippen LogP contribution < -0.4 is 0 Å². The molecule has 1 fully saturated rings. The summed E-state index contributed by atoms with van der Waals surface area (Å²) >= 11 is 5.09. The molecule has 3 rings (SSSR count). The van der Waals surface area contributed by atoms with Crippen molar-refractivity contribution >= 4 is 27.3 Å². The Morgan fingerprint density at radius 2 is 2.29 bits per heavy atom. The highest BCUT2D eigenvalue weighted by molar-refractivity contribution is 9.10. The molecule has 0 amide bonds. The summed E-state index contributed by atoms with van der Waals surface area (Å²) in [6.07, 6.45) is 3.75. The molecule has 1 saturated carbocycles. The van der Waals surface area contributed by atoms with Crippen LogP contribution in [0, 0.1) is 0 Å². The molecule has 2 aromatic heterocycles. The molecule has 1 aliphatic carbocycles. The fourth-order valence-electron chi connectivity index (χ4n) is 1.80. The molecule has 0 saturated heterocycles. The van der Waals surface area contributed by atoms with Crippen LogP contribution in [0.5, 0.6) is 0 Å². The molecule has 2 aromatic rings. The fourth-order valence-corrected chi connectivity index (χ4v) is 3.20. The predicted molar refractivity (Wildman–Crippen MR) is 71.0 cm³/mol. The Morgan fingerprint density at radius 3 is 2.88 bits per heavy atom. The molecule has 88 valence electrons. The van der Waals surface area contributed by atoms with Crippen molar-refractivity contribution in [3.05, 3.63) is 34.0 Å². The average molecular weight is 311 g/mol. The first-order valence-corrected chi connectivity index (χ1v) is 7.10. The Morgan fingerprint density at radius 1 is 1.47 bits per heavy atom. The summed E-state index contributed by atoms with van der Waals surface area (Å²) in [6, 6.07) is 3.96. The number of rotatable bonds is 3. The Bertz CT molecular complexity index is 551. The van der Waals surface area contributed by atoms with Crippen molar-refractivity contribution in [2.24, 2.45) is 0 Å². The zero-order valence-corrected chi connectivity index (χ0v) is 11.5. The van der Waals surface area contributed by atoms with Gasteiger partial charge in [0.25, 0.3) is 0 Å². The number of nitrogens with zero attached hydrogens (tertiary/aromatic N) is 2. The van der Waals surface area contributed by atoms with Crippen molar-refractivity contribution in [3.8, 4) is 10.6 Å². The topological polar surface area (TPSA) is 46.0 Å². The third-order valence-electron chi connectivity index (χ3n) is 3.11. The van der Waals surface area contributed by atoms with E-state index in [1.54, 1.807) is 17.5 Å². The maximum atomic E-state index is 9.39. The SMILES string of the molecule is OCC1(c2nccc(-c3cc(Br)cs3)n2)CC1. The largest absolute Gasteiger partial charge is 0.395 e. The van der Waals surface area contributed by atoms with E-state index >= 15 is 0 Å².